The van der Waals surface area contributed by atoms with Crippen molar-refractivity contribution in [3.05, 3.63) is 40.5 Å². The predicted molar refractivity (Wildman–Crippen MR) is 89.4 cm³/mol. The summed E-state index contributed by atoms with van der Waals surface area (Å²) in [5, 5.41) is 7.18. The van der Waals surface area contributed by atoms with Gasteiger partial charge in [0.05, 0.1) is 4.47 Å². The SMILES string of the molecule is CC1CC(CN)CN1C(=O)c1[nH]nc(-c2ccccc2)c1Br. The monoisotopic (exact) mass is 362 g/mol. The Morgan fingerprint density at radius 3 is 2.82 bits per heavy atom. The maximum absolute atomic E-state index is 12.8. The summed E-state index contributed by atoms with van der Waals surface area (Å²) < 4.78 is 0.715. The second kappa shape index (κ2) is 6.22. The number of halogens is 1. The van der Waals surface area contributed by atoms with Crippen molar-refractivity contribution in [2.75, 3.05) is 13.1 Å². The van der Waals surface area contributed by atoms with E-state index >= 15 is 0 Å². The highest BCUT2D eigenvalue weighted by Gasteiger charge is 2.34. The third-order valence-corrected chi connectivity index (χ3v) is 5.00. The molecule has 6 heteroatoms. The van der Waals surface area contributed by atoms with Crippen molar-refractivity contribution >= 4 is 21.8 Å². The van der Waals surface area contributed by atoms with Crippen LogP contribution in [-0.4, -0.2) is 40.1 Å². The zero-order valence-electron chi connectivity index (χ0n) is 12.4. The number of amides is 1. The molecule has 1 aliphatic rings. The lowest BCUT2D eigenvalue weighted by molar-refractivity contribution is 0.0736. The van der Waals surface area contributed by atoms with Gasteiger partial charge < -0.3 is 10.6 Å². The zero-order valence-corrected chi connectivity index (χ0v) is 14.0. The molecular weight excluding hydrogens is 344 g/mol. The van der Waals surface area contributed by atoms with Gasteiger partial charge in [0.25, 0.3) is 5.91 Å². The number of likely N-dealkylation sites (tertiary alicyclic amines) is 1. The van der Waals surface area contributed by atoms with Crippen molar-refractivity contribution in [2.45, 2.75) is 19.4 Å². The van der Waals surface area contributed by atoms with Crippen LogP contribution in [-0.2, 0) is 0 Å². The number of rotatable bonds is 3. The van der Waals surface area contributed by atoms with Crippen LogP contribution in [0.2, 0.25) is 0 Å². The van der Waals surface area contributed by atoms with Gasteiger partial charge in [-0.2, -0.15) is 5.10 Å². The highest BCUT2D eigenvalue weighted by molar-refractivity contribution is 9.10. The summed E-state index contributed by atoms with van der Waals surface area (Å²) in [6, 6.07) is 10.0. The number of hydrogen-bond donors (Lipinski definition) is 2. The van der Waals surface area contributed by atoms with E-state index in [4.69, 9.17) is 5.73 Å². The van der Waals surface area contributed by atoms with Crippen molar-refractivity contribution < 1.29 is 4.79 Å². The summed E-state index contributed by atoms with van der Waals surface area (Å²) in [4.78, 5) is 14.6. The highest BCUT2D eigenvalue weighted by atomic mass is 79.9. The lowest BCUT2D eigenvalue weighted by Crippen LogP contribution is -2.34. The number of nitrogens with zero attached hydrogens (tertiary/aromatic N) is 2. The standard InChI is InChI=1S/C16H19BrN4O/c1-10-7-11(8-18)9-21(10)16(22)15-13(17)14(19-20-15)12-5-3-2-4-6-12/h2-6,10-11H,7-9,18H2,1H3,(H,19,20). The molecule has 5 nitrogen and oxygen atoms in total. The largest absolute Gasteiger partial charge is 0.334 e. The Balaban J connectivity index is 1.87. The van der Waals surface area contributed by atoms with Crippen LogP contribution < -0.4 is 5.73 Å². The molecule has 1 saturated heterocycles. The average Bonchev–Trinajstić information content (AvgIpc) is 3.10. The highest BCUT2D eigenvalue weighted by Crippen LogP contribution is 2.31. The fourth-order valence-corrected chi connectivity index (χ4v) is 3.57. The van der Waals surface area contributed by atoms with E-state index in [2.05, 4.69) is 33.1 Å². The molecule has 1 aliphatic heterocycles. The Morgan fingerprint density at radius 1 is 1.45 bits per heavy atom. The van der Waals surface area contributed by atoms with E-state index < -0.39 is 0 Å². The molecule has 1 fully saturated rings. The summed E-state index contributed by atoms with van der Waals surface area (Å²) in [7, 11) is 0. The molecule has 1 aromatic carbocycles. The van der Waals surface area contributed by atoms with E-state index in [1.54, 1.807) is 0 Å². The van der Waals surface area contributed by atoms with Crippen LogP contribution in [0.5, 0.6) is 0 Å². The van der Waals surface area contributed by atoms with Crippen molar-refractivity contribution in [3.63, 3.8) is 0 Å². The van der Waals surface area contributed by atoms with Gasteiger partial charge >= 0.3 is 0 Å². The third kappa shape index (κ3) is 2.68. The first-order valence-electron chi connectivity index (χ1n) is 7.42. The number of aromatic amines is 1. The Bertz CT molecular complexity index is 670. The van der Waals surface area contributed by atoms with Crippen molar-refractivity contribution in [1.82, 2.24) is 15.1 Å². The topological polar surface area (TPSA) is 75.0 Å². The lowest BCUT2D eigenvalue weighted by Gasteiger charge is -2.20. The van der Waals surface area contributed by atoms with Gasteiger partial charge in [0.15, 0.2) is 0 Å². The van der Waals surface area contributed by atoms with Crippen LogP contribution in [0, 0.1) is 5.92 Å². The van der Waals surface area contributed by atoms with Gasteiger partial charge in [-0.05, 0) is 41.7 Å². The molecule has 3 N–H and O–H groups in total. The van der Waals surface area contributed by atoms with E-state index in [-0.39, 0.29) is 11.9 Å². The average molecular weight is 363 g/mol. The summed E-state index contributed by atoms with van der Waals surface area (Å²) in [6.45, 7) is 3.39. The summed E-state index contributed by atoms with van der Waals surface area (Å²) in [6.07, 6.45) is 0.958. The first-order chi connectivity index (χ1) is 10.6. The van der Waals surface area contributed by atoms with Gasteiger partial charge in [-0.25, -0.2) is 0 Å². The zero-order chi connectivity index (χ0) is 15.7. The molecule has 2 unspecified atom stereocenters. The molecule has 22 heavy (non-hydrogen) atoms. The smallest absolute Gasteiger partial charge is 0.273 e. The molecule has 1 aromatic heterocycles. The lowest BCUT2D eigenvalue weighted by atomic mass is 10.1. The van der Waals surface area contributed by atoms with Crippen LogP contribution in [0.15, 0.2) is 34.8 Å². The number of H-pyrrole nitrogens is 1. The molecule has 0 spiro atoms. The number of carbonyl (C=O) groups excluding carboxylic acids is 1. The molecule has 0 saturated carbocycles. The predicted octanol–water partition coefficient (Wildman–Crippen LogP) is 2.65. The van der Waals surface area contributed by atoms with Gasteiger partial charge in [-0.15, -0.1) is 0 Å². The maximum atomic E-state index is 12.8. The first kappa shape index (κ1) is 15.2. The molecule has 0 bridgehead atoms. The van der Waals surface area contributed by atoms with E-state index in [0.29, 0.717) is 29.2 Å². The minimum Gasteiger partial charge on any atom is -0.334 e. The molecule has 0 radical (unpaired) electrons. The van der Waals surface area contributed by atoms with Crippen molar-refractivity contribution in [2.24, 2.45) is 11.7 Å². The van der Waals surface area contributed by atoms with Crippen molar-refractivity contribution in [1.29, 1.82) is 0 Å². The molecule has 1 amide bonds. The molecule has 2 heterocycles. The number of nitrogens with two attached hydrogens (primary N) is 1. The number of nitrogens with one attached hydrogen (secondary N) is 1. The van der Waals surface area contributed by atoms with Crippen LogP contribution >= 0.6 is 15.9 Å². The fourth-order valence-electron chi connectivity index (χ4n) is 3.00. The Kier molecular flexibility index (Phi) is 4.31. The van der Waals surface area contributed by atoms with E-state index in [1.807, 2.05) is 35.2 Å². The Labute approximate surface area is 138 Å². The van der Waals surface area contributed by atoms with Crippen LogP contribution in [0.4, 0.5) is 0 Å². The number of benzene rings is 1. The summed E-state index contributed by atoms with van der Waals surface area (Å²) in [5.41, 5.74) is 7.97. The minimum absolute atomic E-state index is 0.0231. The second-order valence-corrected chi connectivity index (χ2v) is 6.56. The Hall–Kier alpha value is -1.66. The van der Waals surface area contributed by atoms with Gasteiger partial charge in [0.2, 0.25) is 0 Å². The molecular formula is C16H19BrN4O. The van der Waals surface area contributed by atoms with E-state index in [0.717, 1.165) is 17.7 Å². The third-order valence-electron chi connectivity index (χ3n) is 4.22. The van der Waals surface area contributed by atoms with Gasteiger partial charge in [0, 0.05) is 18.2 Å². The van der Waals surface area contributed by atoms with E-state index in [1.165, 1.54) is 0 Å². The van der Waals surface area contributed by atoms with Gasteiger partial charge in [-0.1, -0.05) is 30.3 Å². The molecule has 2 aromatic rings. The normalized spacial score (nSPS) is 21.3. The maximum Gasteiger partial charge on any atom is 0.273 e. The Morgan fingerprint density at radius 2 is 2.18 bits per heavy atom. The van der Waals surface area contributed by atoms with Crippen molar-refractivity contribution in [3.8, 4) is 11.3 Å². The molecule has 3 rings (SSSR count). The molecule has 0 aliphatic carbocycles. The molecule has 2 atom stereocenters. The number of aromatic nitrogens is 2. The summed E-state index contributed by atoms with van der Waals surface area (Å²) in [5.74, 6) is 0.360. The van der Waals surface area contributed by atoms with Crippen LogP contribution in [0.25, 0.3) is 11.3 Å². The van der Waals surface area contributed by atoms with Gasteiger partial charge in [-0.3, -0.25) is 9.89 Å². The summed E-state index contributed by atoms with van der Waals surface area (Å²) >= 11 is 3.52. The number of hydrogen-bond acceptors (Lipinski definition) is 3. The van der Waals surface area contributed by atoms with Crippen LogP contribution in [0.3, 0.4) is 0 Å². The quantitative estimate of drug-likeness (QED) is 0.881. The van der Waals surface area contributed by atoms with E-state index in [9.17, 15) is 4.79 Å². The molecule has 116 valence electrons. The minimum atomic E-state index is -0.0231. The fraction of sp³-hybridized carbons (Fsp3) is 0.375. The second-order valence-electron chi connectivity index (χ2n) is 5.77. The first-order valence-corrected chi connectivity index (χ1v) is 8.21. The van der Waals surface area contributed by atoms with Crippen LogP contribution in [0.1, 0.15) is 23.8 Å². The number of carbonyl (C=O) groups is 1. The van der Waals surface area contributed by atoms with Gasteiger partial charge in [0.1, 0.15) is 11.4 Å².